The van der Waals surface area contributed by atoms with Gasteiger partial charge in [0.15, 0.2) is 0 Å². The van der Waals surface area contributed by atoms with Crippen molar-refractivity contribution < 1.29 is 18.0 Å². The number of amides is 2. The first-order chi connectivity index (χ1) is 17.9. The van der Waals surface area contributed by atoms with Gasteiger partial charge in [-0.3, -0.25) is 13.9 Å². The fraction of sp³-hybridized carbons (Fsp3) is 0.704. The zero-order valence-corrected chi connectivity index (χ0v) is 24.4. The number of nitrogens with one attached hydrogen (secondary N) is 1. The number of carbonyl (C=O) groups is 2. The molecule has 4 aliphatic carbocycles. The number of benzene rings is 1. The van der Waals surface area contributed by atoms with Crippen LogP contribution in [0.2, 0.25) is 10.0 Å². The highest BCUT2D eigenvalue weighted by molar-refractivity contribution is 7.90. The summed E-state index contributed by atoms with van der Waals surface area (Å²) in [7, 11) is -4.01. The lowest BCUT2D eigenvalue weighted by atomic mass is 9.47. The minimum Gasteiger partial charge on any atom is -0.370 e. The predicted molar refractivity (Wildman–Crippen MR) is 149 cm³/mol. The minimum absolute atomic E-state index is 0.0103. The number of halogens is 2. The molecule has 1 heterocycles. The van der Waals surface area contributed by atoms with Crippen LogP contribution in [0.3, 0.4) is 0 Å². The molecule has 3 N–H and O–H groups in total. The second kappa shape index (κ2) is 10.5. The summed E-state index contributed by atoms with van der Waals surface area (Å²) in [6.07, 6.45) is 7.05. The van der Waals surface area contributed by atoms with Gasteiger partial charge in [-0.05, 0) is 85.3 Å². The van der Waals surface area contributed by atoms with E-state index in [1.165, 1.54) is 8.61 Å². The Balaban J connectivity index is 1.30. The van der Waals surface area contributed by atoms with E-state index in [0.717, 1.165) is 50.5 Å². The van der Waals surface area contributed by atoms with Crippen molar-refractivity contribution in [2.24, 2.45) is 34.8 Å². The van der Waals surface area contributed by atoms with Gasteiger partial charge >= 0.3 is 10.2 Å². The molecule has 0 spiro atoms. The smallest absolute Gasteiger partial charge is 0.304 e. The van der Waals surface area contributed by atoms with Gasteiger partial charge in [0.1, 0.15) is 0 Å². The molecule has 5 aliphatic rings. The Morgan fingerprint density at radius 3 is 2.32 bits per heavy atom. The molecule has 3 unspecified atom stereocenters. The topological polar surface area (TPSA) is 113 Å². The molecule has 3 atom stereocenters. The number of nitrogens with zero attached hydrogens (tertiary/aromatic N) is 2. The summed E-state index contributed by atoms with van der Waals surface area (Å²) in [6, 6.07) is 3.56. The van der Waals surface area contributed by atoms with E-state index in [1.807, 2.05) is 6.92 Å². The van der Waals surface area contributed by atoms with Crippen molar-refractivity contribution in [2.45, 2.75) is 71.3 Å². The van der Waals surface area contributed by atoms with Crippen LogP contribution in [0.4, 0.5) is 5.69 Å². The first kappa shape index (κ1) is 28.0. The van der Waals surface area contributed by atoms with E-state index in [0.29, 0.717) is 34.2 Å². The lowest BCUT2D eigenvalue weighted by Crippen LogP contribution is -2.61. The van der Waals surface area contributed by atoms with Gasteiger partial charge in [0.2, 0.25) is 11.8 Å². The van der Waals surface area contributed by atoms with Crippen molar-refractivity contribution in [1.82, 2.24) is 9.62 Å². The highest BCUT2D eigenvalue weighted by Gasteiger charge is 2.56. The maximum absolute atomic E-state index is 13.7. The Hall–Kier alpha value is -1.55. The van der Waals surface area contributed by atoms with Crippen LogP contribution in [0.25, 0.3) is 0 Å². The van der Waals surface area contributed by atoms with Gasteiger partial charge in [-0.25, -0.2) is 0 Å². The summed E-state index contributed by atoms with van der Waals surface area (Å²) in [6.45, 7) is 4.24. The zero-order valence-electron chi connectivity index (χ0n) is 22.1. The van der Waals surface area contributed by atoms with Crippen molar-refractivity contribution in [3.8, 4) is 0 Å². The SMILES string of the molecule is CCCc1cc(Cl)c(N2CC(C)CN(CC(=O)NC3C4CC5CC3CC(CC(N)=O)(C5)C4)S2(=O)=O)c(Cl)c1. The van der Waals surface area contributed by atoms with Crippen molar-refractivity contribution in [3.05, 3.63) is 27.7 Å². The fourth-order valence-electron chi connectivity index (χ4n) is 8.06. The van der Waals surface area contributed by atoms with Crippen LogP contribution >= 0.6 is 23.2 Å². The lowest BCUT2D eigenvalue weighted by Gasteiger charge is -2.60. The van der Waals surface area contributed by atoms with E-state index in [9.17, 15) is 18.0 Å². The third-order valence-electron chi connectivity index (χ3n) is 9.06. The predicted octanol–water partition coefficient (Wildman–Crippen LogP) is 4.14. The maximum Gasteiger partial charge on any atom is 0.304 e. The number of nitrogens with two attached hydrogens (primary N) is 1. The molecule has 4 saturated carbocycles. The molecule has 0 aromatic heterocycles. The van der Waals surface area contributed by atoms with Crippen molar-refractivity contribution in [3.63, 3.8) is 0 Å². The molecule has 1 aromatic carbocycles. The molecule has 210 valence electrons. The van der Waals surface area contributed by atoms with E-state index in [4.69, 9.17) is 28.9 Å². The first-order valence-electron chi connectivity index (χ1n) is 13.7. The average Bonchev–Trinajstić information content (AvgIpc) is 2.78. The number of anilines is 1. The van der Waals surface area contributed by atoms with Crippen LogP contribution in [0.15, 0.2) is 12.1 Å². The van der Waals surface area contributed by atoms with E-state index in [2.05, 4.69) is 12.2 Å². The highest BCUT2D eigenvalue weighted by Crippen LogP contribution is 2.61. The highest BCUT2D eigenvalue weighted by atomic mass is 35.5. The largest absolute Gasteiger partial charge is 0.370 e. The van der Waals surface area contributed by atoms with Gasteiger partial charge in [0.25, 0.3) is 0 Å². The van der Waals surface area contributed by atoms with Crippen LogP contribution in [-0.4, -0.2) is 50.2 Å². The molecular formula is C27H38Cl2N4O4S. The molecule has 1 aromatic rings. The number of primary amides is 1. The fourth-order valence-corrected chi connectivity index (χ4v) is 10.8. The number of carbonyl (C=O) groups excluding carboxylic acids is 2. The summed E-state index contributed by atoms with van der Waals surface area (Å²) in [5, 5.41) is 3.79. The van der Waals surface area contributed by atoms with Gasteiger partial charge in [0.05, 0.1) is 22.3 Å². The molecule has 4 bridgehead atoms. The summed E-state index contributed by atoms with van der Waals surface area (Å²) < 4.78 is 29.9. The number of rotatable bonds is 8. The summed E-state index contributed by atoms with van der Waals surface area (Å²) >= 11 is 13.1. The van der Waals surface area contributed by atoms with E-state index < -0.39 is 10.2 Å². The van der Waals surface area contributed by atoms with Crippen LogP contribution in [-0.2, 0) is 26.2 Å². The molecule has 38 heavy (non-hydrogen) atoms. The van der Waals surface area contributed by atoms with Crippen molar-refractivity contribution in [2.75, 3.05) is 23.9 Å². The standard InChI is InChI=1S/C27H38Cl2N4O4S/c1-3-4-17-7-21(28)26(22(29)8-17)33-14-16(2)13-32(38(33,36)37)15-24(35)31-25-19-5-18-6-20(25)11-27(9-18,10-19)12-23(30)34/h7-8,16,18-20,25H,3-6,9-15H2,1-2H3,(H2,30,34)(H,31,35). The molecule has 1 saturated heterocycles. The molecule has 5 fully saturated rings. The monoisotopic (exact) mass is 584 g/mol. The van der Waals surface area contributed by atoms with Gasteiger partial charge in [0, 0.05) is 25.6 Å². The second-order valence-corrected chi connectivity index (χ2v) is 15.0. The van der Waals surface area contributed by atoms with E-state index >= 15 is 0 Å². The molecule has 1 aliphatic heterocycles. The number of aryl methyl sites for hydroxylation is 1. The Bertz CT molecular complexity index is 1190. The van der Waals surface area contributed by atoms with E-state index in [1.54, 1.807) is 12.1 Å². The van der Waals surface area contributed by atoms with Crippen LogP contribution in [0.1, 0.15) is 64.4 Å². The molecule has 11 heteroatoms. The zero-order chi connectivity index (χ0) is 27.4. The maximum atomic E-state index is 13.7. The minimum atomic E-state index is -4.01. The molecular weight excluding hydrogens is 547 g/mol. The van der Waals surface area contributed by atoms with Crippen molar-refractivity contribution >= 4 is 50.9 Å². The Labute approximate surface area is 235 Å². The average molecular weight is 586 g/mol. The van der Waals surface area contributed by atoms with Gasteiger partial charge in [-0.1, -0.05) is 43.5 Å². The molecule has 6 rings (SSSR count). The quantitative estimate of drug-likeness (QED) is 0.478. The van der Waals surface area contributed by atoms with Crippen molar-refractivity contribution in [1.29, 1.82) is 0 Å². The van der Waals surface area contributed by atoms with Crippen LogP contribution in [0.5, 0.6) is 0 Å². The third kappa shape index (κ3) is 5.28. The summed E-state index contributed by atoms with van der Waals surface area (Å²) in [5.41, 5.74) is 6.77. The third-order valence-corrected chi connectivity index (χ3v) is 11.5. The normalized spacial score (nSPS) is 33.9. The molecule has 0 radical (unpaired) electrons. The molecule has 8 nitrogen and oxygen atoms in total. The number of hydrogen-bond acceptors (Lipinski definition) is 4. The first-order valence-corrected chi connectivity index (χ1v) is 15.9. The Morgan fingerprint density at radius 1 is 1.11 bits per heavy atom. The van der Waals surface area contributed by atoms with Gasteiger partial charge in [-0.15, -0.1) is 0 Å². The number of hydrogen-bond donors (Lipinski definition) is 2. The van der Waals surface area contributed by atoms with Gasteiger partial charge in [-0.2, -0.15) is 12.7 Å². The summed E-state index contributed by atoms with van der Waals surface area (Å²) in [4.78, 5) is 25.0. The van der Waals surface area contributed by atoms with E-state index in [-0.39, 0.29) is 54.5 Å². The van der Waals surface area contributed by atoms with Gasteiger partial charge < -0.3 is 11.1 Å². The molecule has 2 amide bonds. The van der Waals surface area contributed by atoms with Crippen LogP contribution in [0, 0.1) is 29.1 Å². The Kier molecular flexibility index (Phi) is 7.70. The second-order valence-electron chi connectivity index (χ2n) is 12.3. The lowest BCUT2D eigenvalue weighted by molar-refractivity contribution is -0.134. The Morgan fingerprint density at radius 2 is 1.74 bits per heavy atom. The summed E-state index contributed by atoms with van der Waals surface area (Å²) in [5.74, 6) is 0.620. The van der Waals surface area contributed by atoms with Crippen LogP contribution < -0.4 is 15.4 Å².